The molecule has 0 atom stereocenters. The van der Waals surface area contributed by atoms with Gasteiger partial charge in [-0.2, -0.15) is 15.0 Å². The fraction of sp³-hybridized carbons (Fsp3) is 0.333. The maximum atomic E-state index is 5.69. The standard InChI is InChI=1S/C12H16N6S/c1-7-5-8(2)14-9(6-7)19-12-16-10(13)15-11(17-12)18(3)4/h5-6H,1-4H3,(H2,13,15,16,17). The third kappa shape index (κ3) is 3.54. The van der Waals surface area contributed by atoms with Gasteiger partial charge in [0, 0.05) is 19.8 Å². The Kier molecular flexibility index (Phi) is 3.84. The maximum Gasteiger partial charge on any atom is 0.230 e. The molecule has 6 nitrogen and oxygen atoms in total. The molecule has 2 aromatic heterocycles. The molecule has 0 radical (unpaired) electrons. The Morgan fingerprint density at radius 1 is 1.05 bits per heavy atom. The third-order valence-corrected chi connectivity index (χ3v) is 3.07. The van der Waals surface area contributed by atoms with Crippen LogP contribution in [0.4, 0.5) is 11.9 Å². The minimum absolute atomic E-state index is 0.213. The summed E-state index contributed by atoms with van der Waals surface area (Å²) in [6.45, 7) is 4.00. The van der Waals surface area contributed by atoms with E-state index in [1.54, 1.807) is 4.90 Å². The van der Waals surface area contributed by atoms with E-state index in [-0.39, 0.29) is 5.95 Å². The minimum atomic E-state index is 0.213. The fourth-order valence-electron chi connectivity index (χ4n) is 1.56. The molecule has 0 saturated carbocycles. The van der Waals surface area contributed by atoms with Gasteiger partial charge in [-0.15, -0.1) is 0 Å². The van der Waals surface area contributed by atoms with Gasteiger partial charge in [-0.05, 0) is 43.3 Å². The molecule has 0 spiro atoms. The van der Waals surface area contributed by atoms with Crippen LogP contribution in [0.1, 0.15) is 11.3 Å². The lowest BCUT2D eigenvalue weighted by molar-refractivity contribution is 0.873. The van der Waals surface area contributed by atoms with E-state index in [1.165, 1.54) is 11.8 Å². The highest BCUT2D eigenvalue weighted by Gasteiger charge is 2.09. The Hall–Kier alpha value is -1.89. The first kappa shape index (κ1) is 13.5. The molecule has 19 heavy (non-hydrogen) atoms. The Morgan fingerprint density at radius 2 is 1.79 bits per heavy atom. The molecule has 0 aliphatic heterocycles. The van der Waals surface area contributed by atoms with Gasteiger partial charge in [-0.25, -0.2) is 4.98 Å². The SMILES string of the molecule is Cc1cc(C)nc(Sc2nc(N)nc(N(C)C)n2)c1. The number of nitrogens with two attached hydrogens (primary N) is 1. The van der Waals surface area contributed by atoms with E-state index in [9.17, 15) is 0 Å². The van der Waals surface area contributed by atoms with Crippen LogP contribution in [0.25, 0.3) is 0 Å². The van der Waals surface area contributed by atoms with Crippen molar-refractivity contribution >= 4 is 23.7 Å². The second-order valence-corrected chi connectivity index (χ2v) is 5.38. The Balaban J connectivity index is 2.32. The van der Waals surface area contributed by atoms with Gasteiger partial charge < -0.3 is 10.6 Å². The fourth-order valence-corrected chi connectivity index (χ4v) is 2.44. The molecule has 0 unspecified atom stereocenters. The Labute approximate surface area is 116 Å². The minimum Gasteiger partial charge on any atom is -0.368 e. The maximum absolute atomic E-state index is 5.69. The number of nitrogen functional groups attached to an aromatic ring is 1. The van der Waals surface area contributed by atoms with Crippen LogP contribution in [-0.4, -0.2) is 34.0 Å². The molecule has 0 bridgehead atoms. The van der Waals surface area contributed by atoms with Crippen LogP contribution in [0, 0.1) is 13.8 Å². The quantitative estimate of drug-likeness (QED) is 0.913. The van der Waals surface area contributed by atoms with E-state index < -0.39 is 0 Å². The van der Waals surface area contributed by atoms with Crippen LogP contribution < -0.4 is 10.6 Å². The van der Waals surface area contributed by atoms with Gasteiger partial charge in [-0.1, -0.05) is 0 Å². The van der Waals surface area contributed by atoms with Gasteiger partial charge in [0.25, 0.3) is 0 Å². The molecule has 0 amide bonds. The summed E-state index contributed by atoms with van der Waals surface area (Å²) < 4.78 is 0. The largest absolute Gasteiger partial charge is 0.368 e. The summed E-state index contributed by atoms with van der Waals surface area (Å²) in [5, 5.41) is 1.40. The predicted octanol–water partition coefficient (Wildman–Crippen LogP) is 1.68. The first-order valence-corrected chi connectivity index (χ1v) is 6.58. The molecule has 0 aromatic carbocycles. The number of hydrogen-bond acceptors (Lipinski definition) is 7. The van der Waals surface area contributed by atoms with Crippen LogP contribution in [-0.2, 0) is 0 Å². The lowest BCUT2D eigenvalue weighted by Gasteiger charge is -2.11. The molecule has 0 fully saturated rings. The summed E-state index contributed by atoms with van der Waals surface area (Å²) >= 11 is 1.38. The van der Waals surface area contributed by atoms with Crippen molar-refractivity contribution in [3.63, 3.8) is 0 Å². The van der Waals surface area contributed by atoms with Crippen LogP contribution >= 0.6 is 11.8 Å². The van der Waals surface area contributed by atoms with Crippen molar-refractivity contribution in [2.45, 2.75) is 24.0 Å². The normalized spacial score (nSPS) is 10.5. The van der Waals surface area contributed by atoms with E-state index in [2.05, 4.69) is 19.9 Å². The number of anilines is 2. The smallest absolute Gasteiger partial charge is 0.230 e. The average Bonchev–Trinajstić information content (AvgIpc) is 2.26. The van der Waals surface area contributed by atoms with Gasteiger partial charge in [0.05, 0.1) is 0 Å². The molecular formula is C12H16N6S. The number of pyridine rings is 1. The van der Waals surface area contributed by atoms with E-state index in [4.69, 9.17) is 5.73 Å². The second-order valence-electron chi connectivity index (χ2n) is 4.40. The zero-order valence-electron chi connectivity index (χ0n) is 11.4. The third-order valence-electron chi connectivity index (χ3n) is 2.29. The average molecular weight is 276 g/mol. The lowest BCUT2D eigenvalue weighted by Crippen LogP contribution is -2.15. The van der Waals surface area contributed by atoms with Gasteiger partial charge in [0.15, 0.2) is 0 Å². The number of nitrogens with zero attached hydrogens (tertiary/aromatic N) is 5. The van der Waals surface area contributed by atoms with E-state index >= 15 is 0 Å². The van der Waals surface area contributed by atoms with Crippen molar-refractivity contribution in [3.05, 3.63) is 23.4 Å². The Bertz CT molecular complexity index is 579. The van der Waals surface area contributed by atoms with Crippen molar-refractivity contribution < 1.29 is 0 Å². The predicted molar refractivity (Wildman–Crippen MR) is 76.4 cm³/mol. The summed E-state index contributed by atoms with van der Waals surface area (Å²) in [7, 11) is 3.72. The number of aromatic nitrogens is 4. The van der Waals surface area contributed by atoms with Gasteiger partial charge in [0.1, 0.15) is 5.03 Å². The second kappa shape index (κ2) is 5.40. The summed E-state index contributed by atoms with van der Waals surface area (Å²) in [5.74, 6) is 0.755. The molecule has 0 aliphatic rings. The van der Waals surface area contributed by atoms with Gasteiger partial charge in [0.2, 0.25) is 17.1 Å². The molecule has 100 valence electrons. The zero-order valence-corrected chi connectivity index (χ0v) is 12.2. The van der Waals surface area contributed by atoms with E-state index in [0.717, 1.165) is 16.3 Å². The highest BCUT2D eigenvalue weighted by atomic mass is 32.2. The van der Waals surface area contributed by atoms with Crippen LogP contribution in [0.15, 0.2) is 22.3 Å². The first-order chi connectivity index (χ1) is 8.94. The molecule has 2 N–H and O–H groups in total. The molecular weight excluding hydrogens is 260 g/mol. The summed E-state index contributed by atoms with van der Waals surface area (Å²) in [4.78, 5) is 18.7. The van der Waals surface area contributed by atoms with E-state index in [0.29, 0.717) is 11.1 Å². The highest BCUT2D eigenvalue weighted by Crippen LogP contribution is 2.25. The van der Waals surface area contributed by atoms with Crippen LogP contribution in [0.2, 0.25) is 0 Å². The topological polar surface area (TPSA) is 80.8 Å². The van der Waals surface area contributed by atoms with Crippen molar-refractivity contribution in [3.8, 4) is 0 Å². The first-order valence-electron chi connectivity index (χ1n) is 5.76. The zero-order chi connectivity index (χ0) is 14.0. The number of rotatable bonds is 3. The number of aryl methyl sites for hydroxylation is 2. The molecule has 2 heterocycles. The van der Waals surface area contributed by atoms with E-state index in [1.807, 2.05) is 40.1 Å². The molecule has 7 heteroatoms. The molecule has 0 saturated heterocycles. The molecule has 2 rings (SSSR count). The van der Waals surface area contributed by atoms with Crippen LogP contribution in [0.3, 0.4) is 0 Å². The number of hydrogen-bond donors (Lipinski definition) is 1. The van der Waals surface area contributed by atoms with Crippen molar-refractivity contribution in [2.75, 3.05) is 24.7 Å². The highest BCUT2D eigenvalue weighted by molar-refractivity contribution is 7.99. The van der Waals surface area contributed by atoms with Crippen molar-refractivity contribution in [2.24, 2.45) is 0 Å². The lowest BCUT2D eigenvalue weighted by atomic mass is 10.3. The van der Waals surface area contributed by atoms with Crippen LogP contribution in [0.5, 0.6) is 0 Å². The summed E-state index contributed by atoms with van der Waals surface area (Å²) in [6.07, 6.45) is 0. The Morgan fingerprint density at radius 3 is 2.42 bits per heavy atom. The van der Waals surface area contributed by atoms with Crippen molar-refractivity contribution in [1.29, 1.82) is 0 Å². The molecule has 2 aromatic rings. The summed E-state index contributed by atoms with van der Waals surface area (Å²) in [6, 6.07) is 4.02. The summed E-state index contributed by atoms with van der Waals surface area (Å²) in [5.41, 5.74) is 7.82. The van der Waals surface area contributed by atoms with Crippen molar-refractivity contribution in [1.82, 2.24) is 19.9 Å². The van der Waals surface area contributed by atoms with Gasteiger partial charge in [-0.3, -0.25) is 0 Å². The molecule has 0 aliphatic carbocycles. The van der Waals surface area contributed by atoms with Gasteiger partial charge >= 0.3 is 0 Å². The monoisotopic (exact) mass is 276 g/mol.